The van der Waals surface area contributed by atoms with E-state index in [2.05, 4.69) is 26.4 Å². The van der Waals surface area contributed by atoms with E-state index in [0.29, 0.717) is 30.9 Å². The molecule has 0 fully saturated rings. The van der Waals surface area contributed by atoms with E-state index < -0.39 is 5.92 Å². The molecular weight excluding hydrogens is 384 g/mol. The normalized spacial score (nSPS) is 17.5. The molecule has 2 aliphatic heterocycles. The summed E-state index contributed by atoms with van der Waals surface area (Å²) in [5.74, 6) is -1.80. The van der Waals surface area contributed by atoms with Gasteiger partial charge in [0.05, 0.1) is 11.4 Å². The molecule has 0 atom stereocenters. The Kier molecular flexibility index (Phi) is 4.27. The lowest BCUT2D eigenvalue weighted by Crippen LogP contribution is -2.40. The molecule has 0 aliphatic carbocycles. The van der Waals surface area contributed by atoms with Gasteiger partial charge in [0.1, 0.15) is 18.0 Å². The van der Waals surface area contributed by atoms with E-state index in [9.17, 15) is 0 Å². The van der Waals surface area contributed by atoms with Gasteiger partial charge < -0.3 is 9.80 Å². The fraction of sp³-hybridized carbons (Fsp3) is 0.261. The van der Waals surface area contributed by atoms with Gasteiger partial charge in [-0.25, -0.2) is 15.0 Å². The van der Waals surface area contributed by atoms with Crippen molar-refractivity contribution in [2.75, 3.05) is 16.3 Å². The predicted molar refractivity (Wildman–Crippen MR) is 111 cm³/mol. The third-order valence-corrected chi connectivity index (χ3v) is 5.83. The number of hydrogen-bond acceptors (Lipinski definition) is 5. The Balaban J connectivity index is 1.54. The number of pyridine rings is 1. The first-order chi connectivity index (χ1) is 14.4. The van der Waals surface area contributed by atoms with Gasteiger partial charge in [0.2, 0.25) is 0 Å². The smallest absolute Gasteiger partial charge is 0.312 e. The molecule has 4 heterocycles. The van der Waals surface area contributed by atoms with Crippen LogP contribution in [0.25, 0.3) is 0 Å². The van der Waals surface area contributed by atoms with Crippen molar-refractivity contribution in [2.24, 2.45) is 0 Å². The van der Waals surface area contributed by atoms with Gasteiger partial charge in [-0.15, -0.1) is 0 Å². The summed E-state index contributed by atoms with van der Waals surface area (Å²) in [6, 6.07) is 10.6. The van der Waals surface area contributed by atoms with Gasteiger partial charge in [0.15, 0.2) is 0 Å². The largest absolute Gasteiger partial charge is 0.352 e. The van der Waals surface area contributed by atoms with Crippen molar-refractivity contribution in [3.05, 3.63) is 89.1 Å². The number of hydrogen-bond donors (Lipinski definition) is 0. The second-order valence-electron chi connectivity index (χ2n) is 7.75. The molecule has 7 heteroatoms. The van der Waals surface area contributed by atoms with Crippen molar-refractivity contribution in [3.63, 3.8) is 0 Å². The third kappa shape index (κ3) is 2.93. The molecule has 0 saturated heterocycles. The van der Waals surface area contributed by atoms with Crippen LogP contribution in [0.2, 0.25) is 0 Å². The van der Waals surface area contributed by atoms with Crippen molar-refractivity contribution >= 4 is 11.6 Å². The van der Waals surface area contributed by atoms with Crippen molar-refractivity contribution < 1.29 is 8.78 Å². The lowest BCUT2D eigenvalue weighted by Gasteiger charge is -2.39. The van der Waals surface area contributed by atoms with E-state index >= 15 is 8.78 Å². The van der Waals surface area contributed by atoms with Crippen LogP contribution in [-0.4, -0.2) is 21.5 Å². The molecule has 0 unspecified atom stereocenters. The van der Waals surface area contributed by atoms with Crippen LogP contribution in [0.5, 0.6) is 0 Å². The minimum absolute atomic E-state index is 0.0136. The fourth-order valence-corrected chi connectivity index (χ4v) is 4.16. The van der Waals surface area contributed by atoms with Crippen LogP contribution >= 0.6 is 0 Å². The van der Waals surface area contributed by atoms with Crippen LogP contribution in [0.4, 0.5) is 20.4 Å². The number of benzene rings is 1. The van der Waals surface area contributed by atoms with E-state index in [4.69, 9.17) is 0 Å². The Bertz CT molecular complexity index is 1130. The van der Waals surface area contributed by atoms with Crippen LogP contribution < -0.4 is 9.80 Å². The lowest BCUT2D eigenvalue weighted by atomic mass is 9.93. The van der Waals surface area contributed by atoms with E-state index in [1.165, 1.54) is 17.3 Å². The third-order valence-electron chi connectivity index (χ3n) is 5.83. The number of rotatable bonds is 2. The summed E-state index contributed by atoms with van der Waals surface area (Å²) in [5, 5.41) is 0. The molecule has 3 aromatic rings. The molecule has 0 radical (unpaired) electrons. The molecule has 0 bridgehead atoms. The summed E-state index contributed by atoms with van der Waals surface area (Å²) >= 11 is 0. The van der Waals surface area contributed by atoms with Crippen molar-refractivity contribution in [3.8, 4) is 0 Å². The second-order valence-corrected chi connectivity index (χ2v) is 7.75. The van der Waals surface area contributed by atoms with Crippen molar-refractivity contribution in [1.82, 2.24) is 15.0 Å². The van der Waals surface area contributed by atoms with Crippen LogP contribution in [0, 0.1) is 6.92 Å². The Hall–Kier alpha value is -3.35. The summed E-state index contributed by atoms with van der Waals surface area (Å²) in [6.07, 6.45) is 3.99. The van der Waals surface area contributed by atoms with Crippen molar-refractivity contribution in [2.45, 2.75) is 32.4 Å². The lowest BCUT2D eigenvalue weighted by molar-refractivity contribution is 0.0297. The van der Waals surface area contributed by atoms with Crippen molar-refractivity contribution in [1.29, 1.82) is 0 Å². The highest BCUT2D eigenvalue weighted by Crippen LogP contribution is 2.45. The molecule has 5 nitrogen and oxygen atoms in total. The van der Waals surface area contributed by atoms with Gasteiger partial charge >= 0.3 is 5.92 Å². The van der Waals surface area contributed by atoms with E-state index in [0.717, 1.165) is 29.2 Å². The van der Waals surface area contributed by atoms with Gasteiger partial charge in [0, 0.05) is 43.4 Å². The maximum atomic E-state index is 15.1. The Morgan fingerprint density at radius 2 is 1.87 bits per heavy atom. The summed E-state index contributed by atoms with van der Waals surface area (Å²) in [7, 11) is 0. The number of nitrogens with zero attached hydrogens (tertiary/aromatic N) is 5. The zero-order chi connectivity index (χ0) is 20.9. The number of aryl methyl sites for hydroxylation is 1. The zero-order valence-electron chi connectivity index (χ0n) is 16.6. The summed E-state index contributed by atoms with van der Waals surface area (Å²) in [6.45, 7) is 7.32. The quantitative estimate of drug-likeness (QED) is 0.634. The van der Waals surface area contributed by atoms with Crippen LogP contribution in [0.1, 0.15) is 27.9 Å². The van der Waals surface area contributed by atoms with E-state index in [1.54, 1.807) is 18.2 Å². The number of aromatic nitrogens is 3. The minimum Gasteiger partial charge on any atom is -0.352 e. The van der Waals surface area contributed by atoms with Crippen LogP contribution in [0.15, 0.2) is 61.2 Å². The number of fused-ring (bicyclic) bond motifs is 2. The number of alkyl halides is 2. The topological polar surface area (TPSA) is 45.2 Å². The highest BCUT2D eigenvalue weighted by Gasteiger charge is 2.45. The monoisotopic (exact) mass is 405 g/mol. The molecule has 0 N–H and O–H groups in total. The van der Waals surface area contributed by atoms with Gasteiger partial charge in [-0.05, 0) is 24.1 Å². The van der Waals surface area contributed by atoms with E-state index in [-0.39, 0.29) is 11.3 Å². The SMILES string of the molecule is C=C1N(c2ncnc3c2CN(c2ccc(C)cn2)CC3)Cc2ccccc2C1(F)F. The van der Waals surface area contributed by atoms with Gasteiger partial charge in [0.25, 0.3) is 0 Å². The first kappa shape index (κ1) is 18.7. The van der Waals surface area contributed by atoms with E-state index in [1.807, 2.05) is 25.3 Å². The Morgan fingerprint density at radius 3 is 2.67 bits per heavy atom. The first-order valence-corrected chi connectivity index (χ1v) is 9.88. The zero-order valence-corrected chi connectivity index (χ0v) is 16.6. The standard InChI is InChI=1S/C23H21F2N5/c1-15-7-8-21(26-11-15)29-10-9-20-18(13-29)22(28-14-27-20)30-12-17-5-3-4-6-19(17)23(24,25)16(30)2/h3-8,11,14H,2,9-10,12-13H2,1H3. The molecule has 1 aromatic carbocycles. The average Bonchev–Trinajstić information content (AvgIpc) is 2.76. The highest BCUT2D eigenvalue weighted by atomic mass is 19.3. The highest BCUT2D eigenvalue weighted by molar-refractivity contribution is 5.61. The number of halogens is 2. The van der Waals surface area contributed by atoms with Gasteiger partial charge in [-0.1, -0.05) is 36.9 Å². The molecule has 0 amide bonds. The maximum absolute atomic E-state index is 15.1. The molecule has 0 saturated carbocycles. The number of anilines is 2. The summed E-state index contributed by atoms with van der Waals surface area (Å²) in [4.78, 5) is 17.0. The van der Waals surface area contributed by atoms with Crippen LogP contribution in [-0.2, 0) is 25.4 Å². The second kappa shape index (κ2) is 6.86. The van der Waals surface area contributed by atoms with Gasteiger partial charge in [-0.2, -0.15) is 8.78 Å². The molecule has 5 rings (SSSR count). The fourth-order valence-electron chi connectivity index (χ4n) is 4.16. The summed E-state index contributed by atoms with van der Waals surface area (Å²) < 4.78 is 30.3. The average molecular weight is 405 g/mol. The molecular formula is C23H21F2N5. The molecule has 152 valence electrons. The molecule has 0 spiro atoms. The minimum atomic E-state index is -3.15. The first-order valence-electron chi connectivity index (χ1n) is 9.88. The Labute approximate surface area is 173 Å². The molecule has 2 aliphatic rings. The van der Waals surface area contributed by atoms with Crippen LogP contribution in [0.3, 0.4) is 0 Å². The number of allylic oxidation sites excluding steroid dienone is 1. The maximum Gasteiger partial charge on any atom is 0.312 e. The molecule has 2 aromatic heterocycles. The van der Waals surface area contributed by atoms with Gasteiger partial charge in [-0.3, -0.25) is 0 Å². The molecule has 30 heavy (non-hydrogen) atoms. The summed E-state index contributed by atoms with van der Waals surface area (Å²) in [5.41, 5.74) is 3.16. The predicted octanol–water partition coefficient (Wildman–Crippen LogP) is 4.37. The Morgan fingerprint density at radius 1 is 1.03 bits per heavy atom.